The number of amides is 2. The van der Waals surface area contributed by atoms with Crippen molar-refractivity contribution in [2.24, 2.45) is 0 Å². The van der Waals surface area contributed by atoms with Crippen LogP contribution in [0.15, 0.2) is 85.1 Å². The zero-order valence-corrected chi connectivity index (χ0v) is 23.2. The highest BCUT2D eigenvalue weighted by Crippen LogP contribution is 2.42. The van der Waals surface area contributed by atoms with Crippen LogP contribution in [0.2, 0.25) is 0 Å². The second-order valence-electron chi connectivity index (χ2n) is 9.57. The van der Waals surface area contributed by atoms with Crippen LogP contribution in [0.25, 0.3) is 21.7 Å². The normalized spacial score (nSPS) is 12.2. The molecule has 41 heavy (non-hydrogen) atoms. The number of carbonyl (C=O) groups is 2. The number of anilines is 2. The second kappa shape index (κ2) is 10.9. The zero-order valence-electron chi connectivity index (χ0n) is 22.3. The van der Waals surface area contributed by atoms with E-state index in [1.807, 2.05) is 48.5 Å². The van der Waals surface area contributed by atoms with Gasteiger partial charge in [0.25, 0.3) is 11.8 Å². The molecule has 7 nitrogen and oxygen atoms in total. The van der Waals surface area contributed by atoms with Crippen LogP contribution < -0.4 is 15.0 Å². The molecule has 0 radical (unpaired) electrons. The Balaban J connectivity index is 1.30. The molecule has 0 saturated carbocycles. The van der Waals surface area contributed by atoms with Crippen LogP contribution in [0.3, 0.4) is 0 Å². The van der Waals surface area contributed by atoms with Crippen molar-refractivity contribution in [1.82, 2.24) is 9.97 Å². The highest BCUT2D eigenvalue weighted by atomic mass is 32.1. The number of rotatable bonds is 5. The van der Waals surface area contributed by atoms with Crippen molar-refractivity contribution < 1.29 is 18.7 Å². The van der Waals surface area contributed by atoms with Gasteiger partial charge in [0.15, 0.2) is 0 Å². The van der Waals surface area contributed by atoms with Gasteiger partial charge in [-0.3, -0.25) is 9.59 Å². The van der Waals surface area contributed by atoms with E-state index in [-0.39, 0.29) is 17.5 Å². The number of para-hydroxylation sites is 2. The molecule has 0 bridgehead atoms. The molecule has 1 N–H and O–H groups in total. The third-order valence-electron chi connectivity index (χ3n) is 6.99. The van der Waals surface area contributed by atoms with Crippen LogP contribution in [-0.4, -0.2) is 35.4 Å². The number of aryl methyl sites for hydroxylation is 1. The van der Waals surface area contributed by atoms with Gasteiger partial charge in [-0.15, -0.1) is 11.3 Å². The maximum Gasteiger partial charge on any atom is 0.276 e. The maximum atomic E-state index is 14.4. The average Bonchev–Trinajstić information content (AvgIpc) is 3.37. The number of benzene rings is 2. The number of methoxy groups -OCH3 is 1. The van der Waals surface area contributed by atoms with Crippen molar-refractivity contribution in [3.8, 4) is 27.6 Å². The summed E-state index contributed by atoms with van der Waals surface area (Å²) >= 11 is 1.34. The fourth-order valence-electron chi connectivity index (χ4n) is 4.89. The predicted molar refractivity (Wildman–Crippen MR) is 158 cm³/mol. The lowest BCUT2D eigenvalue weighted by molar-refractivity contribution is 0.0981. The van der Waals surface area contributed by atoms with E-state index in [0.717, 1.165) is 27.3 Å². The van der Waals surface area contributed by atoms with E-state index in [1.165, 1.54) is 17.4 Å². The Morgan fingerprint density at radius 3 is 2.63 bits per heavy atom. The molecule has 1 aliphatic rings. The fourth-order valence-corrected chi connectivity index (χ4v) is 6.03. The molecule has 0 spiro atoms. The van der Waals surface area contributed by atoms with Crippen LogP contribution in [0.1, 0.15) is 31.3 Å². The summed E-state index contributed by atoms with van der Waals surface area (Å²) in [7, 11) is 1.56. The number of pyridine rings is 2. The van der Waals surface area contributed by atoms with Gasteiger partial charge >= 0.3 is 0 Å². The number of nitrogens with one attached hydrogen (secondary N) is 1. The van der Waals surface area contributed by atoms with Crippen molar-refractivity contribution in [1.29, 1.82) is 0 Å². The van der Waals surface area contributed by atoms with Crippen LogP contribution >= 0.6 is 11.3 Å². The molecule has 0 unspecified atom stereocenters. The molecule has 9 heteroatoms. The first kappa shape index (κ1) is 26.3. The fraction of sp³-hybridized carbons (Fsp3) is 0.125. The lowest BCUT2D eigenvalue weighted by Gasteiger charge is -2.23. The van der Waals surface area contributed by atoms with Gasteiger partial charge in [-0.1, -0.05) is 36.4 Å². The Morgan fingerprint density at radius 1 is 1.02 bits per heavy atom. The van der Waals surface area contributed by atoms with Crippen LogP contribution in [-0.2, 0) is 6.42 Å². The molecule has 0 aliphatic carbocycles. The van der Waals surface area contributed by atoms with E-state index < -0.39 is 5.82 Å². The van der Waals surface area contributed by atoms with E-state index in [0.29, 0.717) is 40.7 Å². The Labute approximate surface area is 240 Å². The summed E-state index contributed by atoms with van der Waals surface area (Å²) in [6.45, 7) is 2.16. The van der Waals surface area contributed by atoms with Crippen LogP contribution in [0.5, 0.6) is 5.88 Å². The van der Waals surface area contributed by atoms with Gasteiger partial charge < -0.3 is 15.0 Å². The van der Waals surface area contributed by atoms with Gasteiger partial charge in [0.1, 0.15) is 11.5 Å². The minimum absolute atomic E-state index is 0.179. The SMILES string of the molecule is COc1ccc(-c2cccc(C(=O)N3CCc4cc(C(=O)Nc5c(C)cccc5F)sc4-c4ccccc43)n2)cn1. The maximum absolute atomic E-state index is 14.4. The summed E-state index contributed by atoms with van der Waals surface area (Å²) in [5.41, 5.74) is 5.11. The molecule has 6 rings (SSSR count). The lowest BCUT2D eigenvalue weighted by atomic mass is 10.1. The molecule has 5 aromatic rings. The Hall–Kier alpha value is -4.89. The molecule has 4 heterocycles. The highest BCUT2D eigenvalue weighted by Gasteiger charge is 2.28. The summed E-state index contributed by atoms with van der Waals surface area (Å²) in [6.07, 6.45) is 2.20. The summed E-state index contributed by atoms with van der Waals surface area (Å²) in [6, 6.07) is 23.1. The first-order chi connectivity index (χ1) is 19.9. The molecule has 2 amide bonds. The molecular weight excluding hydrogens is 539 g/mol. The van der Waals surface area contributed by atoms with Gasteiger partial charge in [0.05, 0.1) is 29.1 Å². The number of hydrogen-bond donors (Lipinski definition) is 1. The summed E-state index contributed by atoms with van der Waals surface area (Å²) < 4.78 is 19.5. The first-order valence-corrected chi connectivity index (χ1v) is 13.8. The largest absolute Gasteiger partial charge is 0.481 e. The number of nitrogens with zero attached hydrogens (tertiary/aromatic N) is 3. The van der Waals surface area contributed by atoms with Gasteiger partial charge in [-0.05, 0) is 60.9 Å². The van der Waals surface area contributed by atoms with Crippen molar-refractivity contribution in [2.45, 2.75) is 13.3 Å². The van der Waals surface area contributed by atoms with E-state index in [9.17, 15) is 14.0 Å². The quantitative estimate of drug-likeness (QED) is 0.254. The van der Waals surface area contributed by atoms with E-state index >= 15 is 0 Å². The number of halogens is 1. The van der Waals surface area contributed by atoms with Crippen LogP contribution in [0, 0.1) is 12.7 Å². The molecule has 0 fully saturated rings. The molecule has 3 aromatic heterocycles. The zero-order chi connectivity index (χ0) is 28.5. The van der Waals surface area contributed by atoms with E-state index in [2.05, 4.69) is 15.3 Å². The molecule has 0 atom stereocenters. The summed E-state index contributed by atoms with van der Waals surface area (Å²) in [4.78, 5) is 39.0. The number of carbonyl (C=O) groups excluding carboxylic acids is 2. The number of thiophene rings is 1. The first-order valence-electron chi connectivity index (χ1n) is 13.0. The van der Waals surface area contributed by atoms with Gasteiger partial charge in [0.2, 0.25) is 5.88 Å². The number of aromatic nitrogens is 2. The second-order valence-corrected chi connectivity index (χ2v) is 10.6. The topological polar surface area (TPSA) is 84.4 Å². The van der Waals surface area contributed by atoms with Gasteiger partial charge in [-0.2, -0.15) is 0 Å². The van der Waals surface area contributed by atoms with E-state index in [4.69, 9.17) is 4.74 Å². The predicted octanol–water partition coefficient (Wildman–Crippen LogP) is 6.78. The highest BCUT2D eigenvalue weighted by molar-refractivity contribution is 7.17. The minimum atomic E-state index is -0.475. The lowest BCUT2D eigenvalue weighted by Crippen LogP contribution is -2.33. The third-order valence-corrected chi connectivity index (χ3v) is 8.20. The van der Waals surface area contributed by atoms with Crippen molar-refractivity contribution in [3.63, 3.8) is 0 Å². The summed E-state index contributed by atoms with van der Waals surface area (Å²) in [5.74, 6) is -0.561. The van der Waals surface area contributed by atoms with Gasteiger partial charge in [0, 0.05) is 34.8 Å². The number of hydrogen-bond acceptors (Lipinski definition) is 6. The Bertz CT molecular complexity index is 1760. The molecule has 204 valence electrons. The number of ether oxygens (including phenoxy) is 1. The Kier molecular flexibility index (Phi) is 7.03. The molecule has 2 aromatic carbocycles. The standard InChI is InChI=1S/C32H25FN4O3S/c1-19-7-5-9-23(33)29(19)36-31(38)27-17-20-15-16-37(26-12-4-3-8-22(26)30(20)41-27)32(39)25-11-6-10-24(35-25)21-13-14-28(40-2)34-18-21/h3-14,17-18H,15-16H2,1-2H3,(H,36,38). The smallest absolute Gasteiger partial charge is 0.276 e. The molecule has 1 aliphatic heterocycles. The molecular formula is C32H25FN4O3S. The minimum Gasteiger partial charge on any atom is -0.481 e. The third kappa shape index (κ3) is 5.07. The van der Waals surface area contributed by atoms with E-state index in [1.54, 1.807) is 49.4 Å². The van der Waals surface area contributed by atoms with Crippen molar-refractivity contribution in [2.75, 3.05) is 23.9 Å². The molecule has 0 saturated heterocycles. The van der Waals surface area contributed by atoms with Crippen molar-refractivity contribution >= 4 is 34.5 Å². The van der Waals surface area contributed by atoms with Gasteiger partial charge in [-0.25, -0.2) is 14.4 Å². The monoisotopic (exact) mass is 564 g/mol. The summed E-state index contributed by atoms with van der Waals surface area (Å²) in [5, 5.41) is 2.73. The van der Waals surface area contributed by atoms with Crippen LogP contribution in [0.4, 0.5) is 15.8 Å². The van der Waals surface area contributed by atoms with Crippen molar-refractivity contribution in [3.05, 3.63) is 113 Å². The Morgan fingerprint density at radius 2 is 1.85 bits per heavy atom. The average molecular weight is 565 g/mol. The number of fused-ring (bicyclic) bond motifs is 3.